The lowest BCUT2D eigenvalue weighted by Crippen LogP contribution is -2.31. The van der Waals surface area contributed by atoms with Gasteiger partial charge < -0.3 is 15.1 Å². The Balaban J connectivity index is 1.47. The van der Waals surface area contributed by atoms with Crippen LogP contribution in [0.3, 0.4) is 0 Å². The number of anilines is 1. The van der Waals surface area contributed by atoms with Crippen molar-refractivity contribution in [3.8, 4) is 0 Å². The highest BCUT2D eigenvalue weighted by molar-refractivity contribution is 7.10. The number of rotatable bonds is 6. The first-order valence-electron chi connectivity index (χ1n) is 9.59. The number of thiazole rings is 1. The van der Waals surface area contributed by atoms with E-state index < -0.39 is 0 Å². The molecule has 0 bridgehead atoms. The Morgan fingerprint density at radius 2 is 2.00 bits per heavy atom. The molecule has 1 atom stereocenters. The van der Waals surface area contributed by atoms with Crippen LogP contribution in [-0.2, 0) is 12.8 Å². The van der Waals surface area contributed by atoms with E-state index in [1.165, 1.54) is 41.5 Å². The van der Waals surface area contributed by atoms with Crippen molar-refractivity contribution < 1.29 is 14.0 Å². The van der Waals surface area contributed by atoms with Crippen molar-refractivity contribution in [1.82, 2.24) is 15.3 Å². The molecule has 1 aliphatic carbocycles. The van der Waals surface area contributed by atoms with Crippen LogP contribution in [0.1, 0.15) is 63.5 Å². The predicted molar refractivity (Wildman–Crippen MR) is 110 cm³/mol. The third kappa shape index (κ3) is 4.22. The van der Waals surface area contributed by atoms with Gasteiger partial charge in [0.1, 0.15) is 10.7 Å². The van der Waals surface area contributed by atoms with Gasteiger partial charge in [0.05, 0.1) is 12.2 Å². The van der Waals surface area contributed by atoms with Gasteiger partial charge in [-0.15, -0.1) is 11.3 Å². The number of oxazole rings is 1. The first-order chi connectivity index (χ1) is 14.0. The fraction of sp³-hybridized carbons (Fsp3) is 0.333. The van der Waals surface area contributed by atoms with Crippen molar-refractivity contribution in [1.29, 1.82) is 0 Å². The highest BCUT2D eigenvalue weighted by Crippen LogP contribution is 2.27. The standard InChI is InChI=1S/C21H22N4O3S/c1-12(2)18(25-20(27)17-9-22-11-28-17)21-24-16(10-29-21)19(26)23-15-7-6-13-4-3-5-14(13)8-15/h6-12,18H,3-5H2,1-2H3,(H,23,26)(H,25,27)/t18-/m0/s1. The zero-order valence-corrected chi connectivity index (χ0v) is 17.1. The third-order valence-electron chi connectivity index (χ3n) is 4.99. The van der Waals surface area contributed by atoms with Gasteiger partial charge in [-0.25, -0.2) is 9.97 Å². The predicted octanol–water partition coefficient (Wildman–Crippen LogP) is 4.00. The average Bonchev–Trinajstić information content (AvgIpc) is 3.46. The van der Waals surface area contributed by atoms with Gasteiger partial charge in [-0.3, -0.25) is 9.59 Å². The molecule has 2 aromatic heterocycles. The molecule has 0 unspecified atom stereocenters. The second kappa shape index (κ2) is 8.16. The second-order valence-electron chi connectivity index (χ2n) is 7.42. The number of nitrogens with zero attached hydrogens (tertiary/aromatic N) is 2. The maximum Gasteiger partial charge on any atom is 0.289 e. The minimum atomic E-state index is -0.361. The van der Waals surface area contributed by atoms with Gasteiger partial charge in [-0.1, -0.05) is 19.9 Å². The maximum absolute atomic E-state index is 12.7. The minimum absolute atomic E-state index is 0.0839. The van der Waals surface area contributed by atoms with Crippen LogP contribution in [-0.4, -0.2) is 21.8 Å². The van der Waals surface area contributed by atoms with E-state index >= 15 is 0 Å². The first-order valence-corrected chi connectivity index (χ1v) is 10.5. The normalized spacial score (nSPS) is 13.9. The number of hydrogen-bond acceptors (Lipinski definition) is 6. The van der Waals surface area contributed by atoms with E-state index in [1.54, 1.807) is 5.38 Å². The SMILES string of the molecule is CC(C)[C@H](NC(=O)c1cnco1)c1nc(C(=O)Nc2ccc3c(c2)CCC3)cs1. The minimum Gasteiger partial charge on any atom is -0.438 e. The van der Waals surface area contributed by atoms with Crippen LogP contribution in [0.2, 0.25) is 0 Å². The van der Waals surface area contributed by atoms with Crippen LogP contribution in [0.15, 0.2) is 40.6 Å². The summed E-state index contributed by atoms with van der Waals surface area (Å²) in [6, 6.07) is 5.73. The quantitative estimate of drug-likeness (QED) is 0.640. The summed E-state index contributed by atoms with van der Waals surface area (Å²) in [5.74, 6) is -0.391. The summed E-state index contributed by atoms with van der Waals surface area (Å²) >= 11 is 1.35. The smallest absolute Gasteiger partial charge is 0.289 e. The Kier molecular flexibility index (Phi) is 5.44. The van der Waals surface area contributed by atoms with Gasteiger partial charge in [0.15, 0.2) is 6.39 Å². The molecule has 0 saturated heterocycles. The van der Waals surface area contributed by atoms with E-state index in [2.05, 4.69) is 26.7 Å². The van der Waals surface area contributed by atoms with E-state index in [1.807, 2.05) is 26.0 Å². The summed E-state index contributed by atoms with van der Waals surface area (Å²) in [5.41, 5.74) is 3.78. The molecule has 3 aromatic rings. The Morgan fingerprint density at radius 3 is 2.76 bits per heavy atom. The van der Waals surface area contributed by atoms with E-state index in [4.69, 9.17) is 4.42 Å². The highest BCUT2D eigenvalue weighted by atomic mass is 32.1. The number of nitrogens with one attached hydrogen (secondary N) is 2. The molecule has 4 rings (SSSR count). The zero-order chi connectivity index (χ0) is 20.4. The molecule has 1 aliphatic rings. The largest absolute Gasteiger partial charge is 0.438 e. The van der Waals surface area contributed by atoms with E-state index in [0.717, 1.165) is 18.5 Å². The molecule has 0 radical (unpaired) electrons. The molecule has 0 aliphatic heterocycles. The van der Waals surface area contributed by atoms with Crippen molar-refractivity contribution in [2.75, 3.05) is 5.32 Å². The second-order valence-corrected chi connectivity index (χ2v) is 8.31. The summed E-state index contributed by atoms with van der Waals surface area (Å²) in [7, 11) is 0. The van der Waals surface area contributed by atoms with Crippen molar-refractivity contribution >= 4 is 28.8 Å². The van der Waals surface area contributed by atoms with Crippen LogP contribution in [0.25, 0.3) is 0 Å². The fourth-order valence-corrected chi connectivity index (χ4v) is 4.45. The molecule has 150 valence electrons. The summed E-state index contributed by atoms with van der Waals surface area (Å²) in [6.07, 6.45) is 5.91. The van der Waals surface area contributed by atoms with Gasteiger partial charge in [-0.2, -0.15) is 0 Å². The van der Waals surface area contributed by atoms with Crippen molar-refractivity contribution in [2.24, 2.45) is 5.92 Å². The summed E-state index contributed by atoms with van der Waals surface area (Å²) in [4.78, 5) is 33.2. The van der Waals surface area contributed by atoms with Crippen LogP contribution >= 0.6 is 11.3 Å². The number of carbonyl (C=O) groups excluding carboxylic acids is 2. The molecular weight excluding hydrogens is 388 g/mol. The Morgan fingerprint density at radius 1 is 1.17 bits per heavy atom. The van der Waals surface area contributed by atoms with Crippen LogP contribution in [0.4, 0.5) is 5.69 Å². The maximum atomic E-state index is 12.7. The number of amides is 2. The van der Waals surface area contributed by atoms with Crippen LogP contribution in [0, 0.1) is 5.92 Å². The average molecular weight is 410 g/mol. The highest BCUT2D eigenvalue weighted by Gasteiger charge is 2.25. The summed E-state index contributed by atoms with van der Waals surface area (Å²) < 4.78 is 5.05. The lowest BCUT2D eigenvalue weighted by molar-refractivity contribution is 0.0897. The molecular formula is C21H22N4O3S. The topological polar surface area (TPSA) is 97.1 Å². The third-order valence-corrected chi connectivity index (χ3v) is 5.91. The number of benzene rings is 1. The lowest BCUT2D eigenvalue weighted by Gasteiger charge is -2.19. The van der Waals surface area contributed by atoms with Gasteiger partial charge in [0.2, 0.25) is 5.76 Å². The summed E-state index contributed by atoms with van der Waals surface area (Å²) in [6.45, 7) is 3.97. The molecule has 0 fully saturated rings. The molecule has 7 nitrogen and oxygen atoms in total. The van der Waals surface area contributed by atoms with Gasteiger partial charge in [0, 0.05) is 11.1 Å². The Bertz CT molecular complexity index is 1030. The number of aryl methyl sites for hydroxylation is 2. The Hall–Kier alpha value is -3.00. The monoisotopic (exact) mass is 410 g/mol. The number of carbonyl (C=O) groups is 2. The van der Waals surface area contributed by atoms with Crippen LogP contribution < -0.4 is 10.6 Å². The fourth-order valence-electron chi connectivity index (χ4n) is 3.43. The van der Waals surface area contributed by atoms with Crippen molar-refractivity contribution in [2.45, 2.75) is 39.2 Å². The van der Waals surface area contributed by atoms with Crippen LogP contribution in [0.5, 0.6) is 0 Å². The zero-order valence-electron chi connectivity index (χ0n) is 16.3. The first kappa shape index (κ1) is 19.3. The van der Waals surface area contributed by atoms with E-state index in [-0.39, 0.29) is 29.5 Å². The van der Waals surface area contributed by atoms with E-state index in [9.17, 15) is 9.59 Å². The van der Waals surface area contributed by atoms with Gasteiger partial charge in [-0.05, 0) is 48.4 Å². The number of fused-ring (bicyclic) bond motifs is 1. The summed E-state index contributed by atoms with van der Waals surface area (Å²) in [5, 5.41) is 8.23. The molecule has 0 saturated carbocycles. The molecule has 2 N–H and O–H groups in total. The van der Waals surface area contributed by atoms with Gasteiger partial charge in [0.25, 0.3) is 11.8 Å². The van der Waals surface area contributed by atoms with E-state index in [0.29, 0.717) is 10.7 Å². The molecule has 1 aromatic carbocycles. The molecule has 29 heavy (non-hydrogen) atoms. The Labute approximate surface area is 172 Å². The molecule has 2 heterocycles. The molecule has 0 spiro atoms. The number of hydrogen-bond donors (Lipinski definition) is 2. The lowest BCUT2D eigenvalue weighted by atomic mass is 10.1. The molecule has 2 amide bonds. The van der Waals surface area contributed by atoms with Crippen molar-refractivity contribution in [3.05, 3.63) is 63.8 Å². The number of aromatic nitrogens is 2. The molecule has 8 heteroatoms. The van der Waals surface area contributed by atoms with Crippen molar-refractivity contribution in [3.63, 3.8) is 0 Å². The van der Waals surface area contributed by atoms with Gasteiger partial charge >= 0.3 is 0 Å².